The van der Waals surface area contributed by atoms with E-state index in [1.165, 1.54) is 0 Å². The Hall–Kier alpha value is -1.10. The van der Waals surface area contributed by atoms with E-state index in [-0.39, 0.29) is 18.2 Å². The molecule has 0 saturated heterocycles. The molecule has 0 fully saturated rings. The van der Waals surface area contributed by atoms with Crippen LogP contribution in [-0.4, -0.2) is 29.6 Å². The van der Waals surface area contributed by atoms with Crippen molar-refractivity contribution in [2.24, 2.45) is 11.7 Å². The minimum Gasteiger partial charge on any atom is -0.480 e. The number of carbonyl (C=O) groups is 2. The van der Waals surface area contributed by atoms with Gasteiger partial charge in [-0.1, -0.05) is 26.7 Å². The molecule has 0 aromatic heterocycles. The average Bonchev–Trinajstić information content (AvgIpc) is 2.29. The number of nitrogens with two attached hydrogens (primary N) is 1. The minimum atomic E-state index is -1.03. The Labute approximate surface area is 103 Å². The lowest BCUT2D eigenvalue weighted by Gasteiger charge is -2.15. The fourth-order valence-corrected chi connectivity index (χ4v) is 1.59. The maximum absolute atomic E-state index is 11.7. The van der Waals surface area contributed by atoms with Gasteiger partial charge in [-0.3, -0.25) is 9.59 Å². The lowest BCUT2D eigenvalue weighted by Crippen LogP contribution is -2.37. The number of aliphatic carboxylic acids is 1. The van der Waals surface area contributed by atoms with E-state index in [0.29, 0.717) is 6.54 Å². The van der Waals surface area contributed by atoms with Crippen LogP contribution in [0.3, 0.4) is 0 Å². The molecule has 0 heterocycles. The number of hydrogen-bond acceptors (Lipinski definition) is 3. The normalized spacial score (nSPS) is 14.1. The van der Waals surface area contributed by atoms with Crippen LogP contribution >= 0.6 is 0 Å². The second-order valence-corrected chi connectivity index (χ2v) is 4.27. The third-order valence-corrected chi connectivity index (χ3v) is 2.84. The third-order valence-electron chi connectivity index (χ3n) is 2.84. The summed E-state index contributed by atoms with van der Waals surface area (Å²) >= 11 is 0. The van der Waals surface area contributed by atoms with E-state index in [2.05, 4.69) is 12.2 Å². The summed E-state index contributed by atoms with van der Waals surface area (Å²) in [5, 5.41) is 11.3. The molecule has 0 bridgehead atoms. The molecule has 17 heavy (non-hydrogen) atoms. The number of nitrogens with one attached hydrogen (secondary N) is 1. The summed E-state index contributed by atoms with van der Waals surface area (Å²) in [5.41, 5.74) is 5.34. The quantitative estimate of drug-likeness (QED) is 0.566. The Morgan fingerprint density at radius 1 is 1.29 bits per heavy atom. The molecular formula is C12H24N2O3. The predicted molar refractivity (Wildman–Crippen MR) is 66.5 cm³/mol. The lowest BCUT2D eigenvalue weighted by atomic mass is 9.98. The van der Waals surface area contributed by atoms with Gasteiger partial charge < -0.3 is 16.2 Å². The van der Waals surface area contributed by atoms with Gasteiger partial charge in [-0.25, -0.2) is 0 Å². The van der Waals surface area contributed by atoms with Crippen LogP contribution in [0.25, 0.3) is 0 Å². The molecule has 5 heteroatoms. The number of unbranched alkanes of at least 4 members (excludes halogenated alkanes) is 1. The molecule has 0 aromatic carbocycles. The number of carboxylic acids is 1. The maximum Gasteiger partial charge on any atom is 0.320 e. The maximum atomic E-state index is 11.7. The van der Waals surface area contributed by atoms with Crippen molar-refractivity contribution in [3.63, 3.8) is 0 Å². The Balaban J connectivity index is 3.86. The van der Waals surface area contributed by atoms with Gasteiger partial charge in [0.2, 0.25) is 5.91 Å². The molecule has 1 amide bonds. The third kappa shape index (κ3) is 6.94. The monoisotopic (exact) mass is 244 g/mol. The van der Waals surface area contributed by atoms with E-state index in [1.54, 1.807) is 0 Å². The average molecular weight is 244 g/mol. The first-order valence-electron chi connectivity index (χ1n) is 6.29. The van der Waals surface area contributed by atoms with Crippen molar-refractivity contribution in [3.05, 3.63) is 0 Å². The van der Waals surface area contributed by atoms with Crippen molar-refractivity contribution in [2.75, 3.05) is 6.54 Å². The topological polar surface area (TPSA) is 92.4 Å². The Morgan fingerprint density at radius 3 is 2.41 bits per heavy atom. The van der Waals surface area contributed by atoms with Crippen LogP contribution < -0.4 is 11.1 Å². The van der Waals surface area contributed by atoms with Gasteiger partial charge in [0, 0.05) is 12.5 Å². The molecule has 0 rings (SSSR count). The highest BCUT2D eigenvalue weighted by Crippen LogP contribution is 2.12. The van der Waals surface area contributed by atoms with E-state index in [0.717, 1.165) is 25.7 Å². The van der Waals surface area contributed by atoms with E-state index < -0.39 is 12.0 Å². The van der Waals surface area contributed by atoms with E-state index in [1.807, 2.05) is 6.92 Å². The van der Waals surface area contributed by atoms with Crippen molar-refractivity contribution >= 4 is 11.9 Å². The number of amides is 1. The fourth-order valence-electron chi connectivity index (χ4n) is 1.59. The summed E-state index contributed by atoms with van der Waals surface area (Å²) in [5.74, 6) is -0.980. The van der Waals surface area contributed by atoms with Crippen molar-refractivity contribution in [2.45, 2.75) is 52.0 Å². The van der Waals surface area contributed by atoms with Crippen LogP contribution in [0, 0.1) is 5.92 Å². The molecule has 0 aliphatic carbocycles. The molecule has 4 N–H and O–H groups in total. The number of hydrogen-bond donors (Lipinski definition) is 3. The molecule has 0 radical (unpaired) electrons. The van der Waals surface area contributed by atoms with Crippen molar-refractivity contribution in [1.82, 2.24) is 5.32 Å². The molecule has 0 aromatic rings. The number of carboxylic acid groups (broad SMARTS) is 1. The zero-order valence-corrected chi connectivity index (χ0v) is 10.7. The van der Waals surface area contributed by atoms with Gasteiger partial charge in [-0.15, -0.1) is 0 Å². The van der Waals surface area contributed by atoms with Crippen molar-refractivity contribution in [3.8, 4) is 0 Å². The van der Waals surface area contributed by atoms with Crippen molar-refractivity contribution in [1.29, 1.82) is 0 Å². The second-order valence-electron chi connectivity index (χ2n) is 4.27. The highest BCUT2D eigenvalue weighted by Gasteiger charge is 2.16. The van der Waals surface area contributed by atoms with E-state index in [4.69, 9.17) is 10.8 Å². The van der Waals surface area contributed by atoms with Gasteiger partial charge in [0.1, 0.15) is 6.04 Å². The zero-order valence-electron chi connectivity index (χ0n) is 10.7. The first-order valence-corrected chi connectivity index (χ1v) is 6.29. The smallest absolute Gasteiger partial charge is 0.320 e. The Kier molecular flexibility index (Phi) is 8.40. The summed E-state index contributed by atoms with van der Waals surface area (Å²) in [6.45, 7) is 4.41. The zero-order chi connectivity index (χ0) is 13.3. The second kappa shape index (κ2) is 8.98. The van der Waals surface area contributed by atoms with Crippen LogP contribution in [-0.2, 0) is 9.59 Å². The Morgan fingerprint density at radius 2 is 1.94 bits per heavy atom. The summed E-state index contributed by atoms with van der Waals surface area (Å²) in [4.78, 5) is 22.2. The first-order chi connectivity index (χ1) is 8.02. The highest BCUT2D eigenvalue weighted by molar-refractivity contribution is 5.78. The van der Waals surface area contributed by atoms with Gasteiger partial charge in [0.15, 0.2) is 0 Å². The van der Waals surface area contributed by atoms with Crippen LogP contribution in [0.15, 0.2) is 0 Å². The van der Waals surface area contributed by atoms with Gasteiger partial charge in [-0.2, -0.15) is 0 Å². The molecule has 2 unspecified atom stereocenters. The molecule has 0 aliphatic rings. The molecular weight excluding hydrogens is 220 g/mol. The van der Waals surface area contributed by atoms with Crippen LogP contribution in [0.4, 0.5) is 0 Å². The highest BCUT2D eigenvalue weighted by atomic mass is 16.4. The molecule has 100 valence electrons. The van der Waals surface area contributed by atoms with Crippen LogP contribution in [0.5, 0.6) is 0 Å². The van der Waals surface area contributed by atoms with Crippen molar-refractivity contribution < 1.29 is 14.7 Å². The fraction of sp³-hybridized carbons (Fsp3) is 0.833. The summed E-state index contributed by atoms with van der Waals surface area (Å²) in [7, 11) is 0. The standard InChI is InChI=1S/C12H24N2O3/c1-3-5-6-9(4-2)11(15)14-8-7-10(13)12(16)17/h9-10H,3-8,13H2,1-2H3,(H,14,15)(H,16,17). The van der Waals surface area contributed by atoms with Gasteiger partial charge in [0.25, 0.3) is 0 Å². The molecule has 0 aliphatic heterocycles. The largest absolute Gasteiger partial charge is 0.480 e. The first kappa shape index (κ1) is 15.9. The van der Waals surface area contributed by atoms with Crippen LogP contribution in [0.1, 0.15) is 46.0 Å². The SMILES string of the molecule is CCCCC(CC)C(=O)NCCC(N)C(=O)O. The summed E-state index contributed by atoms with van der Waals surface area (Å²) in [6, 6.07) is -0.897. The lowest BCUT2D eigenvalue weighted by molar-refractivity contribution is -0.138. The molecule has 2 atom stereocenters. The summed E-state index contributed by atoms with van der Waals surface area (Å²) in [6.07, 6.45) is 4.10. The van der Waals surface area contributed by atoms with Gasteiger partial charge in [-0.05, 0) is 19.3 Å². The Bertz CT molecular complexity index is 244. The number of carbonyl (C=O) groups excluding carboxylic acids is 1. The minimum absolute atomic E-state index is 0.0125. The van der Waals surface area contributed by atoms with Gasteiger partial charge >= 0.3 is 5.97 Å². The van der Waals surface area contributed by atoms with Crippen LogP contribution in [0.2, 0.25) is 0 Å². The number of rotatable bonds is 9. The van der Waals surface area contributed by atoms with E-state index >= 15 is 0 Å². The molecule has 0 spiro atoms. The van der Waals surface area contributed by atoms with Gasteiger partial charge in [0.05, 0.1) is 0 Å². The summed E-state index contributed by atoms with van der Waals surface area (Å²) < 4.78 is 0. The molecule has 5 nitrogen and oxygen atoms in total. The molecule has 0 saturated carbocycles. The predicted octanol–water partition coefficient (Wildman–Crippen LogP) is 1.12. The van der Waals surface area contributed by atoms with E-state index in [9.17, 15) is 9.59 Å².